The Labute approximate surface area is 184 Å². The number of carbonyl (C=O) groups is 2. The average Bonchev–Trinajstić information content (AvgIpc) is 2.76. The number of nitro groups is 1. The number of carbonyl (C=O) groups excluding carboxylic acids is 2. The standard InChI is InChI=1S/C21H25N3O8/c1-4-30-9-10-32-20(25)17-13(3)23-16(12-22-27)19(21(26)31-5-2)18(17)14-7-6-8-15(11-14)24(28)29/h6-8,11-12,18,23,27H,4-5,9-10H2,1-3H3/b22-12-. The van der Waals surface area contributed by atoms with Crippen LogP contribution in [0, 0.1) is 10.1 Å². The van der Waals surface area contributed by atoms with E-state index in [1.165, 1.54) is 18.2 Å². The van der Waals surface area contributed by atoms with Crippen molar-refractivity contribution in [1.82, 2.24) is 5.32 Å². The van der Waals surface area contributed by atoms with Crippen molar-refractivity contribution in [3.05, 3.63) is 62.5 Å². The number of rotatable bonds is 10. The van der Waals surface area contributed by atoms with Crippen LogP contribution in [0.25, 0.3) is 0 Å². The van der Waals surface area contributed by atoms with Gasteiger partial charge in [0.25, 0.3) is 5.69 Å². The lowest BCUT2D eigenvalue weighted by molar-refractivity contribution is -0.384. The molecule has 1 unspecified atom stereocenters. The van der Waals surface area contributed by atoms with Gasteiger partial charge in [-0.25, -0.2) is 9.59 Å². The molecular weight excluding hydrogens is 422 g/mol. The van der Waals surface area contributed by atoms with Crippen LogP contribution >= 0.6 is 0 Å². The number of hydrogen-bond acceptors (Lipinski definition) is 10. The third kappa shape index (κ3) is 5.70. The van der Waals surface area contributed by atoms with Crippen molar-refractivity contribution in [1.29, 1.82) is 0 Å². The fourth-order valence-electron chi connectivity index (χ4n) is 3.29. The van der Waals surface area contributed by atoms with Crippen molar-refractivity contribution in [2.45, 2.75) is 26.7 Å². The van der Waals surface area contributed by atoms with E-state index < -0.39 is 22.8 Å². The molecule has 32 heavy (non-hydrogen) atoms. The van der Waals surface area contributed by atoms with Gasteiger partial charge >= 0.3 is 11.9 Å². The predicted molar refractivity (Wildman–Crippen MR) is 113 cm³/mol. The zero-order chi connectivity index (χ0) is 23.7. The first-order valence-corrected chi connectivity index (χ1v) is 9.91. The number of ether oxygens (including phenoxy) is 3. The summed E-state index contributed by atoms with van der Waals surface area (Å²) in [6, 6.07) is 5.57. The van der Waals surface area contributed by atoms with Gasteiger partial charge in [0.1, 0.15) is 6.61 Å². The van der Waals surface area contributed by atoms with E-state index in [-0.39, 0.29) is 42.4 Å². The van der Waals surface area contributed by atoms with Gasteiger partial charge in [0.15, 0.2) is 0 Å². The Kier molecular flexibility index (Phi) is 8.90. The summed E-state index contributed by atoms with van der Waals surface area (Å²) >= 11 is 0. The highest BCUT2D eigenvalue weighted by Gasteiger charge is 2.39. The van der Waals surface area contributed by atoms with E-state index in [2.05, 4.69) is 10.5 Å². The van der Waals surface area contributed by atoms with Crippen LogP contribution in [0.3, 0.4) is 0 Å². The molecule has 0 saturated heterocycles. The number of hydrogen-bond donors (Lipinski definition) is 2. The van der Waals surface area contributed by atoms with E-state index in [4.69, 9.17) is 19.4 Å². The summed E-state index contributed by atoms with van der Waals surface area (Å²) in [6.45, 7) is 5.66. The number of benzene rings is 1. The molecule has 1 aliphatic heterocycles. The number of nitro benzene ring substituents is 1. The number of nitrogens with zero attached hydrogens (tertiary/aromatic N) is 2. The third-order valence-electron chi connectivity index (χ3n) is 4.58. The first-order valence-electron chi connectivity index (χ1n) is 9.91. The van der Waals surface area contributed by atoms with Crippen molar-refractivity contribution < 1.29 is 33.9 Å². The SMILES string of the molecule is CCOCCOC(=O)C1=C(C)NC(/C=N\O)=C(C(=O)OCC)C1c1cccc([N+](=O)[O-])c1. The minimum absolute atomic E-state index is 0.0193. The van der Waals surface area contributed by atoms with Gasteiger partial charge in [-0.2, -0.15) is 0 Å². The molecule has 0 fully saturated rings. The Balaban J connectivity index is 2.64. The van der Waals surface area contributed by atoms with Gasteiger partial charge in [-0.3, -0.25) is 10.1 Å². The maximum Gasteiger partial charge on any atom is 0.337 e. The first-order chi connectivity index (χ1) is 15.3. The minimum Gasteiger partial charge on any atom is -0.463 e. The Hall–Kier alpha value is -3.73. The topological polar surface area (TPSA) is 150 Å². The number of oxime groups is 1. The second-order valence-corrected chi connectivity index (χ2v) is 6.57. The first kappa shape index (κ1) is 24.5. The van der Waals surface area contributed by atoms with Crippen LogP contribution in [0.1, 0.15) is 32.3 Å². The van der Waals surface area contributed by atoms with Gasteiger partial charge in [-0.15, -0.1) is 0 Å². The Morgan fingerprint density at radius 1 is 1.19 bits per heavy atom. The number of non-ortho nitro benzene ring substituents is 1. The van der Waals surface area contributed by atoms with Gasteiger partial charge < -0.3 is 24.7 Å². The monoisotopic (exact) mass is 447 g/mol. The lowest BCUT2D eigenvalue weighted by atomic mass is 9.80. The maximum atomic E-state index is 13.0. The quantitative estimate of drug-likeness (QED) is 0.138. The van der Waals surface area contributed by atoms with Crippen LogP contribution < -0.4 is 5.32 Å². The molecule has 1 atom stereocenters. The summed E-state index contributed by atoms with van der Waals surface area (Å²) in [4.78, 5) is 36.6. The van der Waals surface area contributed by atoms with Gasteiger partial charge in [-0.05, 0) is 26.3 Å². The smallest absolute Gasteiger partial charge is 0.337 e. The zero-order valence-corrected chi connectivity index (χ0v) is 18.0. The van der Waals surface area contributed by atoms with Gasteiger partial charge in [0.2, 0.25) is 0 Å². The Morgan fingerprint density at radius 3 is 2.53 bits per heavy atom. The van der Waals surface area contributed by atoms with Gasteiger partial charge in [0, 0.05) is 24.4 Å². The van der Waals surface area contributed by atoms with E-state index in [0.717, 1.165) is 6.21 Å². The number of nitrogens with one attached hydrogen (secondary N) is 1. The highest BCUT2D eigenvalue weighted by molar-refractivity contribution is 6.04. The Morgan fingerprint density at radius 2 is 1.91 bits per heavy atom. The molecular formula is C21H25N3O8. The predicted octanol–water partition coefficient (Wildman–Crippen LogP) is 2.41. The van der Waals surface area contributed by atoms with Gasteiger partial charge in [-0.1, -0.05) is 17.3 Å². The molecule has 1 heterocycles. The molecule has 2 rings (SSSR count). The van der Waals surface area contributed by atoms with Crippen LogP contribution in [0.5, 0.6) is 0 Å². The zero-order valence-electron chi connectivity index (χ0n) is 18.0. The van der Waals surface area contributed by atoms with E-state index in [9.17, 15) is 19.7 Å². The lowest BCUT2D eigenvalue weighted by Crippen LogP contribution is -2.34. The van der Waals surface area contributed by atoms with Crippen molar-refractivity contribution in [3.63, 3.8) is 0 Å². The van der Waals surface area contributed by atoms with E-state index in [1.54, 1.807) is 26.8 Å². The largest absolute Gasteiger partial charge is 0.463 e. The highest BCUT2D eigenvalue weighted by atomic mass is 16.6. The Bertz CT molecular complexity index is 968. The molecule has 0 aromatic heterocycles. The summed E-state index contributed by atoms with van der Waals surface area (Å²) in [5, 5.41) is 26.2. The fourth-order valence-corrected chi connectivity index (χ4v) is 3.29. The van der Waals surface area contributed by atoms with Crippen LogP contribution in [0.15, 0.2) is 52.0 Å². The molecule has 1 aromatic rings. The van der Waals surface area contributed by atoms with E-state index in [1.807, 2.05) is 0 Å². The van der Waals surface area contributed by atoms with Crippen LogP contribution in [-0.4, -0.2) is 54.7 Å². The highest BCUT2D eigenvalue weighted by Crippen LogP contribution is 2.40. The fraction of sp³-hybridized carbons (Fsp3) is 0.381. The van der Waals surface area contributed by atoms with Crippen LogP contribution in [0.2, 0.25) is 0 Å². The summed E-state index contributed by atoms with van der Waals surface area (Å²) < 4.78 is 15.6. The van der Waals surface area contributed by atoms with Crippen molar-refractivity contribution in [2.75, 3.05) is 26.4 Å². The van der Waals surface area contributed by atoms with E-state index in [0.29, 0.717) is 17.9 Å². The lowest BCUT2D eigenvalue weighted by Gasteiger charge is -2.30. The molecule has 172 valence electrons. The van der Waals surface area contributed by atoms with Crippen molar-refractivity contribution >= 4 is 23.8 Å². The minimum atomic E-state index is -1.07. The molecule has 0 radical (unpaired) electrons. The molecule has 1 aliphatic rings. The van der Waals surface area contributed by atoms with Crippen LogP contribution in [0.4, 0.5) is 5.69 Å². The molecule has 0 aliphatic carbocycles. The molecule has 0 spiro atoms. The van der Waals surface area contributed by atoms with Crippen LogP contribution in [-0.2, 0) is 23.8 Å². The van der Waals surface area contributed by atoms with Crippen molar-refractivity contribution in [2.24, 2.45) is 5.16 Å². The van der Waals surface area contributed by atoms with Gasteiger partial charge in [0.05, 0.1) is 47.1 Å². The average molecular weight is 447 g/mol. The molecule has 0 bridgehead atoms. The van der Waals surface area contributed by atoms with Crippen molar-refractivity contribution in [3.8, 4) is 0 Å². The maximum absolute atomic E-state index is 13.0. The normalized spacial score (nSPS) is 16.2. The molecule has 11 nitrogen and oxygen atoms in total. The summed E-state index contributed by atoms with van der Waals surface area (Å²) in [7, 11) is 0. The molecule has 11 heteroatoms. The molecule has 2 N–H and O–H groups in total. The summed E-state index contributed by atoms with van der Waals surface area (Å²) in [6.07, 6.45) is 0.997. The number of dihydropyridines is 1. The number of esters is 2. The summed E-state index contributed by atoms with van der Waals surface area (Å²) in [5.41, 5.74) is 0.511. The second-order valence-electron chi connectivity index (χ2n) is 6.57. The second kappa shape index (κ2) is 11.6. The number of allylic oxidation sites excluding steroid dienone is 2. The third-order valence-corrected chi connectivity index (χ3v) is 4.58. The molecule has 0 saturated carbocycles. The molecule has 0 amide bonds. The van der Waals surface area contributed by atoms with E-state index >= 15 is 0 Å². The summed E-state index contributed by atoms with van der Waals surface area (Å²) in [5.74, 6) is -2.57. The molecule has 1 aromatic carbocycles.